The Labute approximate surface area is 578 Å². The lowest BCUT2D eigenvalue weighted by Gasteiger charge is -2.31. The largest absolute Gasteiger partial charge is 0.391 e. The van der Waals surface area contributed by atoms with Gasteiger partial charge in [0.1, 0.15) is 54.6 Å². The number of nitrogens with one attached hydrogen (secondary N) is 11. The monoisotopic (exact) mass is 1390 g/mol. The molecule has 10 amide bonds. The van der Waals surface area contributed by atoms with Crippen LogP contribution in [0.5, 0.6) is 0 Å². The number of rotatable bonds is 25. The van der Waals surface area contributed by atoms with Crippen molar-refractivity contribution in [3.63, 3.8) is 0 Å². The SMILES string of the molecule is CNC(=O)c1ccccc1Sc1ccc2c(/C=C/c3ccccn3)nn(C(=O)N[C@H](C(=O)N[C@@H](CCN)C(=O)N[C@H]3CCNC(=O)[C@H]([C@@H](C)O)NC(O)[C@H](CCCN)NC(=O)[C@H](CCN)NC(=O)[C@H](CC(C)C)NC(=O)[C@@H](Cc4ccccc4)NC(=O)[C@H](CCN)NC3=O)[C@@H](C)O)c2c1. The molecule has 1 aliphatic rings. The van der Waals surface area contributed by atoms with Gasteiger partial charge in [0.2, 0.25) is 47.3 Å². The van der Waals surface area contributed by atoms with Crippen molar-refractivity contribution < 1.29 is 63.3 Å². The number of aliphatic hydroxyl groups is 3. The van der Waals surface area contributed by atoms with Crippen LogP contribution in [0, 0.1) is 5.92 Å². The summed E-state index contributed by atoms with van der Waals surface area (Å²) in [5, 5.41) is 67.9. The summed E-state index contributed by atoms with van der Waals surface area (Å²) in [5.74, 6) is -7.91. The second-order valence-corrected chi connectivity index (χ2v) is 25.4. The Balaban J connectivity index is 1.33. The van der Waals surface area contributed by atoms with E-state index in [9.17, 15) is 63.3 Å². The van der Waals surface area contributed by atoms with E-state index >= 15 is 0 Å². The average Bonchev–Trinajstić information content (AvgIpc) is 1.64. The van der Waals surface area contributed by atoms with Crippen LogP contribution in [0.25, 0.3) is 23.1 Å². The third-order valence-corrected chi connectivity index (χ3v) is 17.1. The Morgan fingerprint density at radius 2 is 1.33 bits per heavy atom. The minimum Gasteiger partial charge on any atom is -0.391 e. The van der Waals surface area contributed by atoms with E-state index in [1.807, 2.05) is 0 Å². The smallest absolute Gasteiger partial charge is 0.343 e. The van der Waals surface area contributed by atoms with Crippen molar-refractivity contribution in [3.05, 3.63) is 120 Å². The van der Waals surface area contributed by atoms with Gasteiger partial charge < -0.3 is 91.4 Å². The topological polar surface area (TPSA) is 499 Å². The van der Waals surface area contributed by atoms with Crippen LogP contribution in [0.2, 0.25) is 0 Å². The van der Waals surface area contributed by atoms with Crippen LogP contribution in [0.4, 0.5) is 4.79 Å². The highest BCUT2D eigenvalue weighted by molar-refractivity contribution is 7.99. The number of nitrogens with two attached hydrogens (primary N) is 4. The maximum Gasteiger partial charge on any atom is 0.343 e. The summed E-state index contributed by atoms with van der Waals surface area (Å²) in [7, 11) is 1.51. The van der Waals surface area contributed by atoms with Gasteiger partial charge in [0, 0.05) is 41.4 Å². The summed E-state index contributed by atoms with van der Waals surface area (Å²) in [5.41, 5.74) is 26.0. The molecule has 1 unspecified atom stereocenters. The van der Waals surface area contributed by atoms with Crippen molar-refractivity contribution in [1.82, 2.24) is 73.2 Å². The molecule has 3 heterocycles. The van der Waals surface area contributed by atoms with Crippen LogP contribution in [0.3, 0.4) is 0 Å². The third kappa shape index (κ3) is 23.5. The van der Waals surface area contributed by atoms with E-state index in [-0.39, 0.29) is 88.5 Å². The van der Waals surface area contributed by atoms with E-state index in [2.05, 4.69) is 68.6 Å². The molecule has 0 saturated carbocycles. The fourth-order valence-corrected chi connectivity index (χ4v) is 11.8. The molecule has 1 aliphatic heterocycles. The minimum absolute atomic E-state index is 0.0341. The standard InChI is InChI=1S/C67H94N18O13S/c1-37(2)34-51-63(94)77-47(24-29-69)58(89)75-46(18-13-28-68)62(93)82-55(38(3)86)65(96)74-33-27-50(61(92)76-48(25-30-70)60(91)81-52(64(95)80-51)35-40-14-7-6-8-15-40)78-59(90)49(26-31-71)79-66(97)56(39(4)87)83-67(98)85-53-36-42(99-54-19-10-9-17-44(54)57(88)72-5)21-22-43(53)45(84-85)23-20-41-16-11-12-32-73-41/h6-12,14-17,19-23,32,36-39,46-52,55-56,62,82,86-87,93H,13,18,24-31,33-35,68-71H2,1-5H3,(H,72,88)(H,74,96)(H,75,89)(H,76,92)(H,77,94)(H,78,90)(H,79,97)(H,80,95)(H,81,91)(H,83,98)/b23-20+/t38-,39-,46+,47+,48+,49+,50+,51+,52-,55+,56+,62?/m1/s1. The number of carbonyl (C=O) groups excluding carboxylic acids is 10. The molecule has 5 aromatic rings. The fraction of sp³-hybridized carbons (Fsp3) is 0.463. The van der Waals surface area contributed by atoms with E-state index in [0.29, 0.717) is 37.7 Å². The average molecular weight is 1390 g/mol. The Bertz CT molecular complexity index is 3580. The van der Waals surface area contributed by atoms with Gasteiger partial charge in [0.15, 0.2) is 0 Å². The summed E-state index contributed by atoms with van der Waals surface area (Å²) in [6.45, 7) is 5.19. The summed E-state index contributed by atoms with van der Waals surface area (Å²) in [4.78, 5) is 148. The molecule has 31 nitrogen and oxygen atoms in total. The summed E-state index contributed by atoms with van der Waals surface area (Å²) < 4.78 is 0.998. The molecule has 99 heavy (non-hydrogen) atoms. The van der Waals surface area contributed by atoms with E-state index in [4.69, 9.17) is 22.9 Å². The molecule has 32 heteroatoms. The molecule has 22 N–H and O–H groups in total. The third-order valence-electron chi connectivity index (χ3n) is 16.0. The first-order valence-corrected chi connectivity index (χ1v) is 33.7. The van der Waals surface area contributed by atoms with Gasteiger partial charge in [-0.1, -0.05) is 74.1 Å². The summed E-state index contributed by atoms with van der Waals surface area (Å²) >= 11 is 1.24. The van der Waals surface area contributed by atoms with Gasteiger partial charge in [0.25, 0.3) is 5.91 Å². The molecular formula is C67H94N18O13S. The lowest BCUT2D eigenvalue weighted by molar-refractivity contribution is -0.136. The van der Waals surface area contributed by atoms with E-state index in [1.54, 1.807) is 123 Å². The molecule has 536 valence electrons. The number of aliphatic hydroxyl groups excluding tert-OH is 3. The normalized spacial score (nSPS) is 21.5. The van der Waals surface area contributed by atoms with Crippen LogP contribution in [0.15, 0.2) is 107 Å². The Morgan fingerprint density at radius 1 is 0.697 bits per heavy atom. The van der Waals surface area contributed by atoms with Crippen LogP contribution in [-0.4, -0.2) is 202 Å². The molecule has 0 radical (unpaired) electrons. The predicted octanol–water partition coefficient (Wildman–Crippen LogP) is -1.94. The van der Waals surface area contributed by atoms with Gasteiger partial charge in [-0.2, -0.15) is 9.78 Å². The van der Waals surface area contributed by atoms with Crippen molar-refractivity contribution in [2.75, 3.05) is 39.8 Å². The highest BCUT2D eigenvalue weighted by Crippen LogP contribution is 2.34. The van der Waals surface area contributed by atoms with Gasteiger partial charge in [-0.05, 0) is 151 Å². The molecule has 1 fully saturated rings. The van der Waals surface area contributed by atoms with Crippen LogP contribution >= 0.6 is 11.8 Å². The van der Waals surface area contributed by atoms with E-state index in [1.165, 1.54) is 32.7 Å². The fourth-order valence-electron chi connectivity index (χ4n) is 10.8. The van der Waals surface area contributed by atoms with Crippen LogP contribution in [-0.2, 0) is 44.8 Å². The number of fused-ring (bicyclic) bond motifs is 1. The predicted molar refractivity (Wildman–Crippen MR) is 371 cm³/mol. The second kappa shape index (κ2) is 39.4. The zero-order valence-corrected chi connectivity index (χ0v) is 56.9. The number of amides is 10. The van der Waals surface area contributed by atoms with Crippen LogP contribution < -0.4 is 81.4 Å². The number of benzene rings is 3. The highest BCUT2D eigenvalue weighted by Gasteiger charge is 2.38. The molecule has 2 aromatic heterocycles. The molecule has 0 spiro atoms. The van der Waals surface area contributed by atoms with Gasteiger partial charge in [-0.3, -0.25) is 53.5 Å². The van der Waals surface area contributed by atoms with Gasteiger partial charge in [-0.15, -0.1) is 0 Å². The Morgan fingerprint density at radius 3 is 1.97 bits per heavy atom. The number of aromatic nitrogens is 3. The maximum atomic E-state index is 14.8. The molecule has 12 atom stereocenters. The zero-order chi connectivity index (χ0) is 72.3. The van der Waals surface area contributed by atoms with Crippen molar-refractivity contribution >= 4 is 94.0 Å². The van der Waals surface area contributed by atoms with Gasteiger partial charge in [0.05, 0.1) is 40.7 Å². The number of hydrogen-bond donors (Lipinski definition) is 18. The van der Waals surface area contributed by atoms with E-state index in [0.717, 1.165) is 4.68 Å². The minimum atomic E-state index is -1.79. The zero-order valence-electron chi connectivity index (χ0n) is 56.1. The molecule has 3 aromatic carbocycles. The second-order valence-electron chi connectivity index (χ2n) is 24.3. The lowest BCUT2D eigenvalue weighted by atomic mass is 10.00. The van der Waals surface area contributed by atoms with Crippen molar-refractivity contribution in [2.45, 2.75) is 162 Å². The van der Waals surface area contributed by atoms with Gasteiger partial charge in [-0.25, -0.2) is 4.79 Å². The first-order chi connectivity index (χ1) is 47.4. The Hall–Kier alpha value is -9.25. The number of nitrogens with zero attached hydrogens (tertiary/aromatic N) is 3. The van der Waals surface area contributed by atoms with Crippen LogP contribution in [0.1, 0.15) is 99.9 Å². The summed E-state index contributed by atoms with van der Waals surface area (Å²) in [6, 6.07) is 11.6. The molecular weight excluding hydrogens is 1300 g/mol. The first-order valence-electron chi connectivity index (χ1n) is 32.9. The molecule has 1 saturated heterocycles. The molecule has 0 aliphatic carbocycles. The molecule has 6 rings (SSSR count). The number of pyridine rings is 1. The number of carbonyl (C=O) groups is 10. The van der Waals surface area contributed by atoms with Crippen molar-refractivity contribution in [3.8, 4) is 0 Å². The van der Waals surface area contributed by atoms with Gasteiger partial charge >= 0.3 is 6.03 Å². The highest BCUT2D eigenvalue weighted by atomic mass is 32.2. The first kappa shape index (κ1) is 78.7. The quantitative estimate of drug-likeness (QED) is 0.0302. The van der Waals surface area contributed by atoms with Crippen molar-refractivity contribution in [2.24, 2.45) is 28.9 Å². The summed E-state index contributed by atoms with van der Waals surface area (Å²) in [6.07, 6.45) is -0.848. The Kier molecular flexibility index (Phi) is 31.3. The molecule has 0 bridgehead atoms. The van der Waals surface area contributed by atoms with Crippen molar-refractivity contribution in [1.29, 1.82) is 0 Å². The maximum absolute atomic E-state index is 14.8. The number of hydrogen-bond acceptors (Lipinski definition) is 21. The van der Waals surface area contributed by atoms with E-state index < -0.39 is 139 Å². The lowest BCUT2D eigenvalue weighted by Crippen LogP contribution is -2.62.